The molecular weight excluding hydrogens is 231 g/mol. The molecule has 98 valence electrons. The molecule has 1 aromatic rings. The van der Waals surface area contributed by atoms with Crippen LogP contribution < -0.4 is 5.32 Å². The molecule has 0 unspecified atom stereocenters. The maximum Gasteiger partial charge on any atom is 0.251 e. The van der Waals surface area contributed by atoms with Crippen LogP contribution >= 0.6 is 0 Å². The first-order chi connectivity index (χ1) is 8.65. The van der Waals surface area contributed by atoms with E-state index in [9.17, 15) is 9.18 Å². The fourth-order valence-corrected chi connectivity index (χ4v) is 2.42. The molecule has 0 radical (unpaired) electrons. The number of hydrogen-bond donors (Lipinski definition) is 1. The number of carbonyl (C=O) groups is 1. The van der Waals surface area contributed by atoms with E-state index in [1.807, 2.05) is 0 Å². The molecule has 1 amide bonds. The molecule has 1 aliphatic carbocycles. The van der Waals surface area contributed by atoms with Crippen LogP contribution in [0.4, 0.5) is 4.39 Å². The standard InChI is InChI=1S/C14H19FN2O/c1-10-2-4-11(5-3-10)9-17-14(18)12-6-7-16-13(15)8-12/h6-8,10-11H,2-5,9H2,1H3,(H,17,18)/t10-,11-. The molecule has 1 aliphatic rings. The van der Waals surface area contributed by atoms with E-state index in [4.69, 9.17) is 0 Å². The second kappa shape index (κ2) is 5.94. The number of hydrogen-bond acceptors (Lipinski definition) is 2. The van der Waals surface area contributed by atoms with Crippen molar-refractivity contribution in [3.8, 4) is 0 Å². The van der Waals surface area contributed by atoms with E-state index < -0.39 is 5.95 Å². The van der Waals surface area contributed by atoms with E-state index in [1.54, 1.807) is 0 Å². The van der Waals surface area contributed by atoms with Crippen LogP contribution in [0.5, 0.6) is 0 Å². The molecule has 0 spiro atoms. The van der Waals surface area contributed by atoms with Gasteiger partial charge in [0.05, 0.1) is 0 Å². The van der Waals surface area contributed by atoms with Gasteiger partial charge >= 0.3 is 0 Å². The number of carbonyl (C=O) groups excluding carboxylic acids is 1. The van der Waals surface area contributed by atoms with Gasteiger partial charge in [-0.2, -0.15) is 4.39 Å². The predicted octanol–water partition coefficient (Wildman–Crippen LogP) is 2.78. The van der Waals surface area contributed by atoms with Crippen LogP contribution in [0.2, 0.25) is 0 Å². The molecule has 1 N–H and O–H groups in total. The van der Waals surface area contributed by atoms with Crippen molar-refractivity contribution in [2.75, 3.05) is 6.54 Å². The summed E-state index contributed by atoms with van der Waals surface area (Å²) in [4.78, 5) is 15.2. The van der Waals surface area contributed by atoms with Crippen molar-refractivity contribution in [2.45, 2.75) is 32.6 Å². The molecular formula is C14H19FN2O. The van der Waals surface area contributed by atoms with Gasteiger partial charge in [0.25, 0.3) is 5.91 Å². The Morgan fingerprint density at radius 2 is 2.17 bits per heavy atom. The summed E-state index contributed by atoms with van der Waals surface area (Å²) in [5, 5.41) is 2.88. The lowest BCUT2D eigenvalue weighted by atomic mass is 9.83. The van der Waals surface area contributed by atoms with Crippen molar-refractivity contribution in [1.29, 1.82) is 0 Å². The zero-order valence-electron chi connectivity index (χ0n) is 10.7. The van der Waals surface area contributed by atoms with Gasteiger partial charge in [0.2, 0.25) is 5.95 Å². The summed E-state index contributed by atoms with van der Waals surface area (Å²) in [6, 6.07) is 2.69. The van der Waals surface area contributed by atoms with E-state index in [-0.39, 0.29) is 5.91 Å². The monoisotopic (exact) mass is 250 g/mol. The summed E-state index contributed by atoms with van der Waals surface area (Å²) in [6.45, 7) is 2.96. The van der Waals surface area contributed by atoms with Gasteiger partial charge < -0.3 is 5.32 Å². The second-order valence-electron chi connectivity index (χ2n) is 5.20. The van der Waals surface area contributed by atoms with Crippen LogP contribution in [0.1, 0.15) is 43.0 Å². The molecule has 3 nitrogen and oxygen atoms in total. The summed E-state index contributed by atoms with van der Waals surface area (Å²) in [7, 11) is 0. The fraction of sp³-hybridized carbons (Fsp3) is 0.571. The SMILES string of the molecule is C[C@H]1CC[C@H](CNC(=O)c2ccnc(F)c2)CC1. The summed E-state index contributed by atoms with van der Waals surface area (Å²) in [5.41, 5.74) is 0.340. The van der Waals surface area contributed by atoms with Crippen LogP contribution in [0.15, 0.2) is 18.3 Å². The quantitative estimate of drug-likeness (QED) is 0.838. The highest BCUT2D eigenvalue weighted by molar-refractivity contribution is 5.93. The third-order valence-electron chi connectivity index (χ3n) is 3.68. The molecule has 1 heterocycles. The minimum atomic E-state index is -0.617. The minimum Gasteiger partial charge on any atom is -0.352 e. The normalized spacial score (nSPS) is 23.7. The number of rotatable bonds is 3. The highest BCUT2D eigenvalue weighted by Gasteiger charge is 2.18. The first kappa shape index (κ1) is 13.0. The van der Waals surface area contributed by atoms with Crippen LogP contribution in [0, 0.1) is 17.8 Å². The van der Waals surface area contributed by atoms with Crippen molar-refractivity contribution in [1.82, 2.24) is 10.3 Å². The third kappa shape index (κ3) is 3.52. The van der Waals surface area contributed by atoms with Gasteiger partial charge in [0, 0.05) is 24.4 Å². The van der Waals surface area contributed by atoms with E-state index in [0.717, 1.165) is 12.0 Å². The maximum absolute atomic E-state index is 12.9. The van der Waals surface area contributed by atoms with Gasteiger partial charge in [0.15, 0.2) is 0 Å². The van der Waals surface area contributed by atoms with Crippen molar-refractivity contribution in [3.63, 3.8) is 0 Å². The Bertz CT molecular complexity index is 414. The summed E-state index contributed by atoms with van der Waals surface area (Å²) >= 11 is 0. The van der Waals surface area contributed by atoms with Crippen LogP contribution in [-0.4, -0.2) is 17.4 Å². The number of aromatic nitrogens is 1. The molecule has 1 aromatic heterocycles. The van der Waals surface area contributed by atoms with Crippen molar-refractivity contribution in [3.05, 3.63) is 29.8 Å². The summed E-state index contributed by atoms with van der Waals surface area (Å²) in [5.74, 6) is 0.548. The van der Waals surface area contributed by atoms with Crippen molar-refractivity contribution < 1.29 is 9.18 Å². The van der Waals surface area contributed by atoms with Gasteiger partial charge in [-0.3, -0.25) is 4.79 Å². The molecule has 0 aromatic carbocycles. The Morgan fingerprint density at radius 3 is 2.83 bits per heavy atom. The van der Waals surface area contributed by atoms with Crippen molar-refractivity contribution in [2.24, 2.45) is 11.8 Å². The van der Waals surface area contributed by atoms with E-state index in [0.29, 0.717) is 18.0 Å². The lowest BCUT2D eigenvalue weighted by Crippen LogP contribution is -2.31. The number of nitrogens with one attached hydrogen (secondary N) is 1. The first-order valence-corrected chi connectivity index (χ1v) is 6.55. The largest absolute Gasteiger partial charge is 0.352 e. The zero-order chi connectivity index (χ0) is 13.0. The zero-order valence-corrected chi connectivity index (χ0v) is 10.7. The smallest absolute Gasteiger partial charge is 0.251 e. The Morgan fingerprint density at radius 1 is 1.44 bits per heavy atom. The molecule has 1 fully saturated rings. The average Bonchev–Trinajstić information content (AvgIpc) is 2.38. The van der Waals surface area contributed by atoms with Gasteiger partial charge in [-0.05, 0) is 30.7 Å². The van der Waals surface area contributed by atoms with Crippen molar-refractivity contribution >= 4 is 5.91 Å². The number of amides is 1. The predicted molar refractivity (Wildman–Crippen MR) is 67.7 cm³/mol. The maximum atomic E-state index is 12.9. The molecule has 0 bridgehead atoms. The van der Waals surface area contributed by atoms with Gasteiger partial charge in [-0.25, -0.2) is 4.98 Å². The summed E-state index contributed by atoms with van der Waals surface area (Å²) in [6.07, 6.45) is 6.14. The topological polar surface area (TPSA) is 42.0 Å². The van der Waals surface area contributed by atoms with Gasteiger partial charge in [0.1, 0.15) is 0 Å². The number of halogens is 1. The van der Waals surface area contributed by atoms with Gasteiger partial charge in [-0.15, -0.1) is 0 Å². The van der Waals surface area contributed by atoms with E-state index in [2.05, 4.69) is 17.2 Å². The Kier molecular flexibility index (Phi) is 4.28. The lowest BCUT2D eigenvalue weighted by molar-refractivity contribution is 0.0941. The second-order valence-corrected chi connectivity index (χ2v) is 5.20. The number of pyridine rings is 1. The molecule has 1 saturated carbocycles. The summed E-state index contributed by atoms with van der Waals surface area (Å²) < 4.78 is 12.9. The van der Waals surface area contributed by atoms with E-state index in [1.165, 1.54) is 37.9 Å². The average molecular weight is 250 g/mol. The highest BCUT2D eigenvalue weighted by atomic mass is 19.1. The Hall–Kier alpha value is -1.45. The molecule has 18 heavy (non-hydrogen) atoms. The molecule has 4 heteroatoms. The van der Waals surface area contributed by atoms with E-state index >= 15 is 0 Å². The van der Waals surface area contributed by atoms with Crippen LogP contribution in [0.25, 0.3) is 0 Å². The molecule has 0 saturated heterocycles. The molecule has 0 aliphatic heterocycles. The third-order valence-corrected chi connectivity index (χ3v) is 3.68. The molecule has 0 atom stereocenters. The highest BCUT2D eigenvalue weighted by Crippen LogP contribution is 2.27. The minimum absolute atomic E-state index is 0.213. The first-order valence-electron chi connectivity index (χ1n) is 6.55. The fourth-order valence-electron chi connectivity index (χ4n) is 2.42. The van der Waals surface area contributed by atoms with Crippen LogP contribution in [-0.2, 0) is 0 Å². The number of nitrogens with zero attached hydrogens (tertiary/aromatic N) is 1. The Balaban J connectivity index is 1.81. The van der Waals surface area contributed by atoms with Crippen LogP contribution in [0.3, 0.4) is 0 Å². The molecule has 2 rings (SSSR count). The Labute approximate surface area is 107 Å². The van der Waals surface area contributed by atoms with Gasteiger partial charge in [-0.1, -0.05) is 19.8 Å². The lowest BCUT2D eigenvalue weighted by Gasteiger charge is -2.26.